The molecule has 0 amide bonds. The van der Waals surface area contributed by atoms with Gasteiger partial charge in [0.15, 0.2) is 0 Å². The van der Waals surface area contributed by atoms with Crippen LogP contribution in [0.3, 0.4) is 0 Å². The number of ether oxygens (including phenoxy) is 4. The molecule has 6 nitrogen and oxygen atoms in total. The zero-order chi connectivity index (χ0) is 19.7. The van der Waals surface area contributed by atoms with E-state index in [-0.39, 0.29) is 11.1 Å². The Morgan fingerprint density at radius 3 is 1.29 bits per heavy atom. The maximum atomic E-state index is 12.3. The third-order valence-corrected chi connectivity index (χ3v) is 4.44. The van der Waals surface area contributed by atoms with Crippen molar-refractivity contribution >= 4 is 23.5 Å². The lowest BCUT2D eigenvalue weighted by Gasteiger charge is -2.03. The summed E-state index contributed by atoms with van der Waals surface area (Å²) in [6.45, 7) is 0. The van der Waals surface area contributed by atoms with Gasteiger partial charge in [0.1, 0.15) is 23.0 Å². The van der Waals surface area contributed by atoms with Crippen LogP contribution in [-0.4, -0.2) is 26.2 Å². The van der Waals surface area contributed by atoms with Crippen molar-refractivity contribution in [3.63, 3.8) is 0 Å². The number of methoxy groups -OCH3 is 2. The molecule has 0 saturated carbocycles. The molecule has 0 aromatic heterocycles. The molecule has 4 rings (SSSR count). The first-order valence-corrected chi connectivity index (χ1v) is 8.50. The van der Waals surface area contributed by atoms with Crippen molar-refractivity contribution in [2.75, 3.05) is 14.2 Å². The van der Waals surface area contributed by atoms with Gasteiger partial charge in [-0.05, 0) is 60.7 Å². The smallest absolute Gasteiger partial charge is 0.344 e. The highest BCUT2D eigenvalue weighted by Crippen LogP contribution is 2.34. The molecule has 6 heteroatoms. The molecule has 2 aromatic carbocycles. The van der Waals surface area contributed by atoms with Crippen LogP contribution in [0.25, 0.3) is 11.5 Å². The summed E-state index contributed by atoms with van der Waals surface area (Å²) >= 11 is 0. The van der Waals surface area contributed by atoms with Gasteiger partial charge in [0, 0.05) is 11.1 Å². The topological polar surface area (TPSA) is 71.1 Å². The van der Waals surface area contributed by atoms with Crippen molar-refractivity contribution in [2.24, 2.45) is 0 Å². The standard InChI is InChI=1S/C22H16O6/c1-25-15-7-3-13(4-8-15)19-11-17(21(23)27-19)18-12-20(28-22(18)24)14-5-9-16(26-2)10-6-14/h3-12H,1-2H3/b18-17-. The average Bonchev–Trinajstić information content (AvgIpc) is 3.30. The van der Waals surface area contributed by atoms with Gasteiger partial charge >= 0.3 is 11.9 Å². The van der Waals surface area contributed by atoms with Crippen LogP contribution in [0, 0.1) is 0 Å². The second-order valence-electron chi connectivity index (χ2n) is 6.08. The van der Waals surface area contributed by atoms with Crippen molar-refractivity contribution in [3.05, 3.63) is 83.0 Å². The molecule has 0 spiro atoms. The van der Waals surface area contributed by atoms with E-state index in [4.69, 9.17) is 18.9 Å². The van der Waals surface area contributed by atoms with Gasteiger partial charge in [-0.2, -0.15) is 0 Å². The Morgan fingerprint density at radius 1 is 0.607 bits per heavy atom. The summed E-state index contributed by atoms with van der Waals surface area (Å²) in [5.41, 5.74) is 1.74. The van der Waals surface area contributed by atoms with E-state index in [2.05, 4.69) is 0 Å². The van der Waals surface area contributed by atoms with Crippen molar-refractivity contribution in [1.29, 1.82) is 0 Å². The average molecular weight is 376 g/mol. The van der Waals surface area contributed by atoms with Gasteiger partial charge in [0.25, 0.3) is 0 Å². The molecule has 0 aliphatic carbocycles. The Balaban J connectivity index is 1.68. The molecule has 140 valence electrons. The summed E-state index contributed by atoms with van der Waals surface area (Å²) in [4.78, 5) is 24.7. The van der Waals surface area contributed by atoms with Crippen LogP contribution < -0.4 is 9.47 Å². The van der Waals surface area contributed by atoms with E-state index in [1.54, 1.807) is 74.9 Å². The predicted octanol–water partition coefficient (Wildman–Crippen LogP) is 3.50. The summed E-state index contributed by atoms with van der Waals surface area (Å²) in [6, 6.07) is 14.2. The molecule has 0 radical (unpaired) electrons. The van der Waals surface area contributed by atoms with Crippen molar-refractivity contribution in [2.45, 2.75) is 0 Å². The maximum absolute atomic E-state index is 12.3. The summed E-state index contributed by atoms with van der Waals surface area (Å²) in [5, 5.41) is 0. The van der Waals surface area contributed by atoms with E-state index in [0.717, 1.165) is 0 Å². The lowest BCUT2D eigenvalue weighted by atomic mass is 10.1. The maximum Gasteiger partial charge on any atom is 0.344 e. The molecule has 2 aromatic rings. The Labute approximate surface area is 161 Å². The number of carbonyl (C=O) groups excluding carboxylic acids is 2. The van der Waals surface area contributed by atoms with Crippen LogP contribution in [0.1, 0.15) is 11.1 Å². The lowest BCUT2D eigenvalue weighted by Crippen LogP contribution is -2.05. The quantitative estimate of drug-likeness (QED) is 0.601. The van der Waals surface area contributed by atoms with Crippen molar-refractivity contribution < 1.29 is 28.5 Å². The molecule has 0 fully saturated rings. The first-order valence-electron chi connectivity index (χ1n) is 8.50. The van der Waals surface area contributed by atoms with Crippen LogP contribution in [0.4, 0.5) is 0 Å². The summed E-state index contributed by atoms with van der Waals surface area (Å²) in [7, 11) is 3.15. The van der Waals surface area contributed by atoms with Gasteiger partial charge in [0.05, 0.1) is 25.4 Å². The summed E-state index contributed by atoms with van der Waals surface area (Å²) in [6.07, 6.45) is 3.10. The molecule has 28 heavy (non-hydrogen) atoms. The number of rotatable bonds is 4. The van der Waals surface area contributed by atoms with E-state index < -0.39 is 11.9 Å². The number of esters is 2. The predicted molar refractivity (Wildman–Crippen MR) is 101 cm³/mol. The molecule has 0 atom stereocenters. The van der Waals surface area contributed by atoms with Crippen LogP contribution in [0.2, 0.25) is 0 Å². The number of carbonyl (C=O) groups is 2. The molecule has 0 N–H and O–H groups in total. The molecule has 0 saturated heterocycles. The molecule has 2 aliphatic rings. The fourth-order valence-electron chi connectivity index (χ4n) is 2.92. The second-order valence-corrected chi connectivity index (χ2v) is 6.08. The van der Waals surface area contributed by atoms with Crippen molar-refractivity contribution in [1.82, 2.24) is 0 Å². The van der Waals surface area contributed by atoms with E-state index in [1.807, 2.05) is 0 Å². The van der Waals surface area contributed by atoms with Gasteiger partial charge in [0.2, 0.25) is 0 Å². The van der Waals surface area contributed by atoms with Gasteiger partial charge in [-0.15, -0.1) is 0 Å². The molecular weight excluding hydrogens is 360 g/mol. The van der Waals surface area contributed by atoms with E-state index in [1.165, 1.54) is 0 Å². The van der Waals surface area contributed by atoms with Gasteiger partial charge in [-0.25, -0.2) is 9.59 Å². The second kappa shape index (κ2) is 7.08. The van der Waals surface area contributed by atoms with E-state index in [0.29, 0.717) is 34.1 Å². The van der Waals surface area contributed by atoms with Crippen LogP contribution in [0.15, 0.2) is 71.8 Å². The van der Waals surface area contributed by atoms with E-state index >= 15 is 0 Å². The number of cyclic esters (lactones) is 2. The van der Waals surface area contributed by atoms with Gasteiger partial charge in [-0.1, -0.05) is 0 Å². The first-order chi connectivity index (χ1) is 13.6. The zero-order valence-electron chi connectivity index (χ0n) is 15.2. The fraction of sp³-hybridized carbons (Fsp3) is 0.0909. The number of hydrogen-bond acceptors (Lipinski definition) is 6. The van der Waals surface area contributed by atoms with Crippen LogP contribution in [0.5, 0.6) is 11.5 Å². The number of benzene rings is 2. The summed E-state index contributed by atoms with van der Waals surface area (Å²) < 4.78 is 20.9. The minimum Gasteiger partial charge on any atom is -0.497 e. The Kier molecular flexibility index (Phi) is 4.45. The SMILES string of the molecule is COc1ccc(C2=C/C(=C3\C=C(c4ccc(OC)cc4)OC3=O)C(=O)O2)cc1. The fourth-order valence-corrected chi connectivity index (χ4v) is 2.92. The molecule has 0 bridgehead atoms. The highest BCUT2D eigenvalue weighted by molar-refractivity contribution is 6.12. The molecular formula is C22H16O6. The minimum absolute atomic E-state index is 0.166. The minimum atomic E-state index is -0.593. The Morgan fingerprint density at radius 2 is 0.964 bits per heavy atom. The van der Waals surface area contributed by atoms with Gasteiger partial charge < -0.3 is 18.9 Å². The van der Waals surface area contributed by atoms with Crippen LogP contribution in [-0.2, 0) is 19.1 Å². The van der Waals surface area contributed by atoms with Crippen LogP contribution >= 0.6 is 0 Å². The summed E-state index contributed by atoms with van der Waals surface area (Å²) in [5.74, 6) is 0.941. The largest absolute Gasteiger partial charge is 0.497 e. The third-order valence-electron chi connectivity index (χ3n) is 4.44. The van der Waals surface area contributed by atoms with E-state index in [9.17, 15) is 9.59 Å². The molecule has 2 heterocycles. The number of hydrogen-bond donors (Lipinski definition) is 0. The first kappa shape index (κ1) is 17.6. The third kappa shape index (κ3) is 3.16. The zero-order valence-corrected chi connectivity index (χ0v) is 15.2. The molecule has 2 aliphatic heterocycles. The Bertz CT molecular complexity index is 954. The Hall–Kier alpha value is -3.80. The molecule has 0 unspecified atom stereocenters. The highest BCUT2D eigenvalue weighted by Gasteiger charge is 2.32. The van der Waals surface area contributed by atoms with Gasteiger partial charge in [-0.3, -0.25) is 0 Å². The highest BCUT2D eigenvalue weighted by atomic mass is 16.5. The lowest BCUT2D eigenvalue weighted by molar-refractivity contribution is -0.133. The normalized spacial score (nSPS) is 18.4. The van der Waals surface area contributed by atoms with Crippen molar-refractivity contribution in [3.8, 4) is 11.5 Å². The monoisotopic (exact) mass is 376 g/mol.